The van der Waals surface area contributed by atoms with Crippen molar-refractivity contribution in [2.75, 3.05) is 5.32 Å². The lowest BCUT2D eigenvalue weighted by atomic mass is 9.96. The lowest BCUT2D eigenvalue weighted by Crippen LogP contribution is -2.25. The summed E-state index contributed by atoms with van der Waals surface area (Å²) in [4.78, 5) is 16.9. The fraction of sp³-hybridized carbons (Fsp3) is 0.304. The Kier molecular flexibility index (Phi) is 6.95. The molecule has 0 radical (unpaired) electrons. The first kappa shape index (κ1) is 20.2. The predicted molar refractivity (Wildman–Crippen MR) is 116 cm³/mol. The summed E-state index contributed by atoms with van der Waals surface area (Å²) in [7, 11) is 0. The van der Waals surface area contributed by atoms with Gasteiger partial charge in [-0.2, -0.15) is 0 Å². The molecular weight excluding hydrogens is 366 g/mol. The van der Waals surface area contributed by atoms with Gasteiger partial charge in [-0.05, 0) is 30.5 Å². The van der Waals surface area contributed by atoms with Gasteiger partial charge in [-0.15, -0.1) is 11.3 Å². The molecule has 3 rings (SSSR count). The van der Waals surface area contributed by atoms with E-state index in [0.29, 0.717) is 18.9 Å². The first-order valence-electron chi connectivity index (χ1n) is 9.59. The second-order valence-corrected chi connectivity index (χ2v) is 8.28. The fourth-order valence-electron chi connectivity index (χ4n) is 3.10. The van der Waals surface area contributed by atoms with Gasteiger partial charge in [0.1, 0.15) is 5.01 Å². The van der Waals surface area contributed by atoms with E-state index < -0.39 is 0 Å². The number of aryl methyl sites for hydroxylation is 1. The molecule has 0 saturated carbocycles. The van der Waals surface area contributed by atoms with Gasteiger partial charge >= 0.3 is 0 Å². The van der Waals surface area contributed by atoms with E-state index >= 15 is 0 Å². The van der Waals surface area contributed by atoms with Crippen molar-refractivity contribution in [2.45, 2.75) is 39.8 Å². The standard InChI is InChI=1S/C23H27N3OS/c1-16(2)23(18-7-5-4-6-8-18)24-14-20-15-28-22(26-20)13-21(27)25-19-11-9-17(3)10-12-19/h4-12,15-16,23-24H,13-14H2,1-3H3,(H,25,27)/t23-/m0/s1. The van der Waals surface area contributed by atoms with Gasteiger partial charge in [0.25, 0.3) is 0 Å². The van der Waals surface area contributed by atoms with E-state index in [1.807, 2.05) is 42.6 Å². The molecule has 5 heteroatoms. The van der Waals surface area contributed by atoms with Gasteiger partial charge in [-0.1, -0.05) is 61.9 Å². The Bertz CT molecular complexity index is 888. The van der Waals surface area contributed by atoms with E-state index in [2.05, 4.69) is 53.7 Å². The third-order valence-corrected chi connectivity index (χ3v) is 5.47. The van der Waals surface area contributed by atoms with Gasteiger partial charge in [0.2, 0.25) is 5.91 Å². The molecule has 0 bridgehead atoms. The molecule has 1 aromatic heterocycles. The number of nitrogens with one attached hydrogen (secondary N) is 2. The van der Waals surface area contributed by atoms with Crippen LogP contribution in [0.3, 0.4) is 0 Å². The third kappa shape index (κ3) is 5.75. The zero-order valence-electron chi connectivity index (χ0n) is 16.6. The van der Waals surface area contributed by atoms with Gasteiger partial charge < -0.3 is 10.6 Å². The van der Waals surface area contributed by atoms with Gasteiger partial charge in [0.15, 0.2) is 0 Å². The monoisotopic (exact) mass is 393 g/mol. The average molecular weight is 394 g/mol. The predicted octanol–water partition coefficient (Wildman–Crippen LogP) is 5.12. The van der Waals surface area contributed by atoms with Crippen molar-refractivity contribution in [3.8, 4) is 0 Å². The minimum absolute atomic E-state index is 0.0398. The Morgan fingerprint density at radius 3 is 2.46 bits per heavy atom. The maximum absolute atomic E-state index is 12.3. The molecular formula is C23H27N3OS. The summed E-state index contributed by atoms with van der Waals surface area (Å²) in [6.07, 6.45) is 0.296. The number of aromatic nitrogens is 1. The molecule has 1 amide bonds. The van der Waals surface area contributed by atoms with E-state index in [1.165, 1.54) is 22.5 Å². The molecule has 1 atom stereocenters. The summed E-state index contributed by atoms with van der Waals surface area (Å²) in [5.41, 5.74) is 4.25. The van der Waals surface area contributed by atoms with Crippen LogP contribution in [0.4, 0.5) is 5.69 Å². The number of hydrogen-bond donors (Lipinski definition) is 2. The summed E-state index contributed by atoms with van der Waals surface area (Å²) < 4.78 is 0. The Hall–Kier alpha value is -2.50. The van der Waals surface area contributed by atoms with Gasteiger partial charge in [0.05, 0.1) is 12.1 Å². The molecule has 0 unspecified atom stereocenters. The van der Waals surface area contributed by atoms with E-state index in [-0.39, 0.29) is 11.9 Å². The summed E-state index contributed by atoms with van der Waals surface area (Å²) in [6.45, 7) is 7.14. The molecule has 0 spiro atoms. The molecule has 0 aliphatic rings. The van der Waals surface area contributed by atoms with Crippen LogP contribution in [-0.2, 0) is 17.8 Å². The first-order chi connectivity index (χ1) is 13.5. The summed E-state index contributed by atoms with van der Waals surface area (Å²) in [6, 6.07) is 18.6. The van der Waals surface area contributed by atoms with Gasteiger partial charge in [-0.3, -0.25) is 4.79 Å². The zero-order chi connectivity index (χ0) is 19.9. The van der Waals surface area contributed by atoms with Gasteiger partial charge in [-0.25, -0.2) is 4.98 Å². The highest BCUT2D eigenvalue weighted by molar-refractivity contribution is 7.09. The zero-order valence-corrected chi connectivity index (χ0v) is 17.4. The van der Waals surface area contributed by atoms with E-state index in [1.54, 1.807) is 0 Å². The highest BCUT2D eigenvalue weighted by Crippen LogP contribution is 2.22. The molecule has 2 aromatic carbocycles. The third-order valence-electron chi connectivity index (χ3n) is 4.57. The molecule has 0 aliphatic heterocycles. The largest absolute Gasteiger partial charge is 0.326 e. The minimum Gasteiger partial charge on any atom is -0.326 e. The van der Waals surface area contributed by atoms with E-state index in [4.69, 9.17) is 0 Å². The Morgan fingerprint density at radius 2 is 1.79 bits per heavy atom. The van der Waals surface area contributed by atoms with Crippen LogP contribution in [-0.4, -0.2) is 10.9 Å². The maximum atomic E-state index is 12.3. The fourth-order valence-corrected chi connectivity index (χ4v) is 3.90. The highest BCUT2D eigenvalue weighted by atomic mass is 32.1. The average Bonchev–Trinajstić information content (AvgIpc) is 3.11. The van der Waals surface area contributed by atoms with E-state index in [0.717, 1.165) is 16.4 Å². The molecule has 2 N–H and O–H groups in total. The Labute approximate surface area is 171 Å². The maximum Gasteiger partial charge on any atom is 0.231 e. The number of carbonyl (C=O) groups excluding carboxylic acids is 1. The van der Waals surface area contributed by atoms with Crippen LogP contribution in [0.25, 0.3) is 0 Å². The lowest BCUT2D eigenvalue weighted by Gasteiger charge is -2.22. The number of anilines is 1. The van der Waals surface area contributed by atoms with Crippen molar-refractivity contribution in [2.24, 2.45) is 5.92 Å². The molecule has 0 saturated heterocycles. The number of nitrogens with zero attached hydrogens (tertiary/aromatic N) is 1. The van der Waals surface area contributed by atoms with Crippen molar-refractivity contribution in [1.29, 1.82) is 0 Å². The number of thiazole rings is 1. The lowest BCUT2D eigenvalue weighted by molar-refractivity contribution is -0.115. The molecule has 0 aliphatic carbocycles. The van der Waals surface area contributed by atoms with Crippen LogP contribution in [0.15, 0.2) is 60.0 Å². The number of hydrogen-bond acceptors (Lipinski definition) is 4. The SMILES string of the molecule is Cc1ccc(NC(=O)Cc2nc(CN[C@H](c3ccccc3)C(C)C)cs2)cc1. The summed E-state index contributed by atoms with van der Waals surface area (Å²) >= 11 is 1.53. The molecule has 3 aromatic rings. The van der Waals surface area contributed by atoms with Crippen LogP contribution in [0.2, 0.25) is 0 Å². The van der Waals surface area contributed by atoms with Crippen molar-refractivity contribution < 1.29 is 4.79 Å². The number of carbonyl (C=O) groups is 1. The van der Waals surface area contributed by atoms with Crippen LogP contribution in [0.1, 0.15) is 41.7 Å². The van der Waals surface area contributed by atoms with Crippen molar-refractivity contribution in [1.82, 2.24) is 10.3 Å². The summed E-state index contributed by atoms with van der Waals surface area (Å²) in [5, 5.41) is 9.40. The molecule has 4 nitrogen and oxygen atoms in total. The number of rotatable bonds is 8. The summed E-state index contributed by atoms with van der Waals surface area (Å²) in [5.74, 6) is 0.433. The second kappa shape index (κ2) is 9.62. The first-order valence-corrected chi connectivity index (χ1v) is 10.5. The van der Waals surface area contributed by atoms with E-state index in [9.17, 15) is 4.79 Å². The normalized spacial score (nSPS) is 12.1. The van der Waals surface area contributed by atoms with Crippen molar-refractivity contribution >= 4 is 22.9 Å². The minimum atomic E-state index is -0.0398. The molecule has 28 heavy (non-hydrogen) atoms. The topological polar surface area (TPSA) is 54.0 Å². The van der Waals surface area contributed by atoms with Crippen LogP contribution >= 0.6 is 11.3 Å². The second-order valence-electron chi connectivity index (χ2n) is 7.34. The Balaban J connectivity index is 1.54. The molecule has 146 valence electrons. The smallest absolute Gasteiger partial charge is 0.231 e. The highest BCUT2D eigenvalue weighted by Gasteiger charge is 2.16. The molecule has 1 heterocycles. The van der Waals surface area contributed by atoms with Crippen molar-refractivity contribution in [3.63, 3.8) is 0 Å². The van der Waals surface area contributed by atoms with Crippen LogP contribution < -0.4 is 10.6 Å². The van der Waals surface area contributed by atoms with Gasteiger partial charge in [0, 0.05) is 23.7 Å². The molecule has 0 fully saturated rings. The van der Waals surface area contributed by atoms with Crippen LogP contribution in [0.5, 0.6) is 0 Å². The number of benzene rings is 2. The van der Waals surface area contributed by atoms with Crippen molar-refractivity contribution in [3.05, 3.63) is 81.8 Å². The van der Waals surface area contributed by atoms with Crippen LogP contribution in [0, 0.1) is 12.8 Å². The Morgan fingerprint density at radius 1 is 1.07 bits per heavy atom. The quantitative estimate of drug-likeness (QED) is 0.558. The number of amides is 1.